The summed E-state index contributed by atoms with van der Waals surface area (Å²) in [4.78, 5) is 0.377. The van der Waals surface area contributed by atoms with Crippen molar-refractivity contribution >= 4 is 11.3 Å². The maximum atomic E-state index is 14.4. The molecule has 0 radical (unpaired) electrons. The molecule has 3 aromatic rings. The first-order chi connectivity index (χ1) is 11.3. The average Bonchev–Trinajstić information content (AvgIpc) is 2.94. The molecule has 1 aromatic heterocycles. The smallest absolute Gasteiger partial charge is 0.396 e. The minimum atomic E-state index is -4.75. The van der Waals surface area contributed by atoms with Gasteiger partial charge < -0.3 is 4.74 Å². The molecule has 6 heteroatoms. The van der Waals surface area contributed by atoms with Crippen LogP contribution >= 0.6 is 11.3 Å². The van der Waals surface area contributed by atoms with E-state index in [1.54, 1.807) is 12.1 Å². The van der Waals surface area contributed by atoms with Gasteiger partial charge in [0.25, 0.3) is 0 Å². The van der Waals surface area contributed by atoms with E-state index >= 15 is 0 Å². The molecule has 0 aliphatic rings. The second-order valence-corrected chi connectivity index (χ2v) is 6.27. The SMILES string of the molecule is Cc1ccc(-c2ccc(-c3ccc(OC(F)(F)F)s3)c(F)c2)cc1. The minimum Gasteiger partial charge on any atom is -0.396 e. The molecule has 2 aromatic carbocycles. The molecule has 0 spiro atoms. The number of benzene rings is 2. The Balaban J connectivity index is 1.89. The van der Waals surface area contributed by atoms with Crippen LogP contribution in [-0.2, 0) is 0 Å². The van der Waals surface area contributed by atoms with Gasteiger partial charge in [-0.05, 0) is 42.3 Å². The molecule has 0 saturated heterocycles. The summed E-state index contributed by atoms with van der Waals surface area (Å²) in [5.41, 5.74) is 2.93. The van der Waals surface area contributed by atoms with Gasteiger partial charge >= 0.3 is 6.36 Å². The Labute approximate surface area is 140 Å². The maximum Gasteiger partial charge on any atom is 0.573 e. The third kappa shape index (κ3) is 3.76. The molecule has 0 amide bonds. The fraction of sp³-hybridized carbons (Fsp3) is 0.111. The summed E-state index contributed by atoms with van der Waals surface area (Å²) in [6.45, 7) is 1.96. The molecule has 3 rings (SSSR count). The first-order valence-corrected chi connectivity index (χ1v) is 7.86. The van der Waals surface area contributed by atoms with Gasteiger partial charge in [-0.25, -0.2) is 4.39 Å². The standard InChI is InChI=1S/C18H12F4OS/c1-11-2-4-12(5-3-11)13-6-7-14(15(19)10-13)16-8-9-17(24-16)23-18(20,21)22/h2-10H,1H3. The fourth-order valence-corrected chi connectivity index (χ4v) is 3.17. The first kappa shape index (κ1) is 16.5. The van der Waals surface area contributed by atoms with Gasteiger partial charge in [-0.15, -0.1) is 13.2 Å². The second-order valence-electron chi connectivity index (χ2n) is 5.23. The monoisotopic (exact) mass is 352 g/mol. The van der Waals surface area contributed by atoms with Crippen LogP contribution in [0.25, 0.3) is 21.6 Å². The average molecular weight is 352 g/mol. The number of halogens is 4. The summed E-state index contributed by atoms with van der Waals surface area (Å²) >= 11 is 0.748. The van der Waals surface area contributed by atoms with Gasteiger partial charge in [0, 0.05) is 10.4 Å². The van der Waals surface area contributed by atoms with Crippen LogP contribution in [0.2, 0.25) is 0 Å². The van der Waals surface area contributed by atoms with Crippen LogP contribution in [-0.4, -0.2) is 6.36 Å². The molecule has 0 aliphatic heterocycles. The van der Waals surface area contributed by atoms with Gasteiger partial charge in [-0.1, -0.05) is 47.2 Å². The van der Waals surface area contributed by atoms with Gasteiger partial charge in [0.1, 0.15) is 5.82 Å². The molecule has 0 unspecified atom stereocenters. The quantitative estimate of drug-likeness (QED) is 0.494. The van der Waals surface area contributed by atoms with Crippen LogP contribution in [0.4, 0.5) is 17.6 Å². The van der Waals surface area contributed by atoms with E-state index in [0.29, 0.717) is 10.4 Å². The number of thiophene rings is 1. The van der Waals surface area contributed by atoms with Crippen LogP contribution in [0.15, 0.2) is 54.6 Å². The van der Waals surface area contributed by atoms with Gasteiger partial charge in [-0.3, -0.25) is 0 Å². The van der Waals surface area contributed by atoms with Crippen molar-refractivity contribution in [2.45, 2.75) is 13.3 Å². The lowest BCUT2D eigenvalue weighted by Crippen LogP contribution is -2.16. The molecule has 0 saturated carbocycles. The van der Waals surface area contributed by atoms with Crippen LogP contribution in [0.3, 0.4) is 0 Å². The van der Waals surface area contributed by atoms with E-state index in [1.165, 1.54) is 18.2 Å². The zero-order valence-corrected chi connectivity index (χ0v) is 13.3. The first-order valence-electron chi connectivity index (χ1n) is 7.04. The van der Waals surface area contributed by atoms with Crippen molar-refractivity contribution in [3.8, 4) is 26.6 Å². The fourth-order valence-electron chi connectivity index (χ4n) is 2.27. The highest BCUT2D eigenvalue weighted by Crippen LogP contribution is 2.37. The number of hydrogen-bond donors (Lipinski definition) is 0. The summed E-state index contributed by atoms with van der Waals surface area (Å²) in [5, 5.41) is -0.320. The number of ether oxygens (including phenoxy) is 1. The van der Waals surface area contributed by atoms with Crippen LogP contribution < -0.4 is 4.74 Å². The lowest BCUT2D eigenvalue weighted by atomic mass is 10.0. The van der Waals surface area contributed by atoms with Gasteiger partial charge in [0.2, 0.25) is 0 Å². The Bertz CT molecular complexity index is 850. The Kier molecular flexibility index (Phi) is 4.32. The molecule has 0 N–H and O–H groups in total. The van der Waals surface area contributed by atoms with Gasteiger partial charge in [0.15, 0.2) is 5.06 Å². The Morgan fingerprint density at radius 2 is 1.54 bits per heavy atom. The zero-order valence-electron chi connectivity index (χ0n) is 12.5. The van der Waals surface area contributed by atoms with E-state index in [-0.39, 0.29) is 10.6 Å². The van der Waals surface area contributed by atoms with E-state index in [4.69, 9.17) is 0 Å². The summed E-state index contributed by atoms with van der Waals surface area (Å²) < 4.78 is 54.9. The number of hydrogen-bond acceptors (Lipinski definition) is 2. The number of aryl methyl sites for hydroxylation is 1. The van der Waals surface area contributed by atoms with E-state index in [9.17, 15) is 17.6 Å². The number of rotatable bonds is 3. The van der Waals surface area contributed by atoms with Crippen molar-refractivity contribution in [3.63, 3.8) is 0 Å². The highest BCUT2D eigenvalue weighted by molar-refractivity contribution is 7.17. The molecule has 0 atom stereocenters. The van der Waals surface area contributed by atoms with Crippen LogP contribution in [0.1, 0.15) is 5.56 Å². The Morgan fingerprint density at radius 1 is 0.875 bits per heavy atom. The van der Waals surface area contributed by atoms with Crippen molar-refractivity contribution < 1.29 is 22.3 Å². The predicted octanol–water partition coefficient (Wildman–Crippen LogP) is 6.43. The van der Waals surface area contributed by atoms with Crippen molar-refractivity contribution in [2.24, 2.45) is 0 Å². The highest BCUT2D eigenvalue weighted by Gasteiger charge is 2.31. The van der Waals surface area contributed by atoms with Crippen LogP contribution in [0.5, 0.6) is 5.06 Å². The molecule has 0 aliphatic carbocycles. The summed E-state index contributed by atoms with van der Waals surface area (Å²) in [6.07, 6.45) is -4.75. The topological polar surface area (TPSA) is 9.23 Å². The molecule has 1 heterocycles. The van der Waals surface area contributed by atoms with Gasteiger partial charge in [0.05, 0.1) is 0 Å². The summed E-state index contributed by atoms with van der Waals surface area (Å²) in [5.74, 6) is -0.492. The molecular formula is C18H12F4OS. The van der Waals surface area contributed by atoms with Crippen molar-refractivity contribution in [2.75, 3.05) is 0 Å². The van der Waals surface area contributed by atoms with Crippen molar-refractivity contribution in [3.05, 3.63) is 66.0 Å². The molecular weight excluding hydrogens is 340 g/mol. The third-order valence-electron chi connectivity index (χ3n) is 3.42. The summed E-state index contributed by atoms with van der Waals surface area (Å²) in [7, 11) is 0. The molecule has 124 valence electrons. The van der Waals surface area contributed by atoms with Crippen molar-refractivity contribution in [1.29, 1.82) is 0 Å². The number of alkyl halides is 3. The van der Waals surface area contributed by atoms with Gasteiger partial charge in [-0.2, -0.15) is 0 Å². The highest BCUT2D eigenvalue weighted by atomic mass is 32.1. The zero-order chi connectivity index (χ0) is 17.3. The Hall–Kier alpha value is -2.34. The van der Waals surface area contributed by atoms with Crippen LogP contribution in [0, 0.1) is 12.7 Å². The molecule has 24 heavy (non-hydrogen) atoms. The third-order valence-corrected chi connectivity index (χ3v) is 4.41. The van der Waals surface area contributed by atoms with Crippen molar-refractivity contribution in [1.82, 2.24) is 0 Å². The lowest BCUT2D eigenvalue weighted by Gasteiger charge is -2.06. The normalized spacial score (nSPS) is 11.5. The largest absolute Gasteiger partial charge is 0.573 e. The lowest BCUT2D eigenvalue weighted by molar-refractivity contribution is -0.273. The molecule has 0 fully saturated rings. The van der Waals surface area contributed by atoms with E-state index in [0.717, 1.165) is 22.5 Å². The van der Waals surface area contributed by atoms with E-state index in [2.05, 4.69) is 4.74 Å². The Morgan fingerprint density at radius 3 is 2.17 bits per heavy atom. The van der Waals surface area contributed by atoms with E-state index < -0.39 is 12.2 Å². The minimum absolute atomic E-state index is 0.243. The maximum absolute atomic E-state index is 14.4. The van der Waals surface area contributed by atoms with E-state index in [1.807, 2.05) is 31.2 Å². The molecule has 0 bridgehead atoms. The summed E-state index contributed by atoms with van der Waals surface area (Å²) in [6, 6.07) is 14.9. The second kappa shape index (κ2) is 6.28. The molecule has 1 nitrogen and oxygen atoms in total. The predicted molar refractivity (Wildman–Crippen MR) is 86.6 cm³/mol.